The third-order valence-corrected chi connectivity index (χ3v) is 2.78. The van der Waals surface area contributed by atoms with E-state index >= 15 is 0 Å². The summed E-state index contributed by atoms with van der Waals surface area (Å²) in [5.74, 6) is 0.208. The summed E-state index contributed by atoms with van der Waals surface area (Å²) >= 11 is 0. The molecule has 0 aromatic carbocycles. The van der Waals surface area contributed by atoms with Crippen molar-refractivity contribution in [1.29, 1.82) is 0 Å². The molecule has 0 aliphatic heterocycles. The molecule has 18 heavy (non-hydrogen) atoms. The standard InChI is InChI=1S/C12H18F3N3/c1-11(2,3)9(16-4)7-10-17-6-5-8(18-10)12(13,14)15/h5-6,9,16H,7H2,1-4H3. The van der Waals surface area contributed by atoms with Crippen molar-refractivity contribution in [1.82, 2.24) is 15.3 Å². The van der Waals surface area contributed by atoms with Gasteiger partial charge in [-0.2, -0.15) is 13.2 Å². The highest BCUT2D eigenvalue weighted by Gasteiger charge is 2.33. The number of nitrogens with one attached hydrogen (secondary N) is 1. The Kier molecular flexibility index (Phi) is 4.32. The first-order valence-electron chi connectivity index (χ1n) is 5.71. The lowest BCUT2D eigenvalue weighted by molar-refractivity contribution is -0.141. The van der Waals surface area contributed by atoms with E-state index in [2.05, 4.69) is 15.3 Å². The zero-order valence-electron chi connectivity index (χ0n) is 11.0. The molecule has 0 bridgehead atoms. The van der Waals surface area contributed by atoms with Gasteiger partial charge in [0.2, 0.25) is 0 Å². The minimum atomic E-state index is -4.42. The third-order valence-electron chi connectivity index (χ3n) is 2.78. The van der Waals surface area contributed by atoms with Crippen LogP contribution in [0, 0.1) is 5.41 Å². The van der Waals surface area contributed by atoms with E-state index in [-0.39, 0.29) is 17.3 Å². The second kappa shape index (κ2) is 5.22. The van der Waals surface area contributed by atoms with Crippen molar-refractivity contribution in [2.45, 2.75) is 39.4 Å². The Morgan fingerprint density at radius 3 is 2.33 bits per heavy atom. The molecule has 0 amide bonds. The Balaban J connectivity index is 2.92. The molecule has 1 rings (SSSR count). The summed E-state index contributed by atoms with van der Waals surface area (Å²) in [7, 11) is 1.78. The Hall–Kier alpha value is -1.17. The van der Waals surface area contributed by atoms with Gasteiger partial charge in [-0.15, -0.1) is 0 Å². The van der Waals surface area contributed by atoms with E-state index in [9.17, 15) is 13.2 Å². The van der Waals surface area contributed by atoms with Crippen LogP contribution in [0.25, 0.3) is 0 Å². The van der Waals surface area contributed by atoms with Gasteiger partial charge in [-0.1, -0.05) is 20.8 Å². The van der Waals surface area contributed by atoms with E-state index in [1.807, 2.05) is 20.8 Å². The number of halogens is 3. The summed E-state index contributed by atoms with van der Waals surface area (Å²) < 4.78 is 37.5. The maximum Gasteiger partial charge on any atom is 0.433 e. The molecule has 0 aliphatic carbocycles. The molecule has 0 radical (unpaired) electrons. The van der Waals surface area contributed by atoms with Gasteiger partial charge < -0.3 is 5.32 Å². The maximum atomic E-state index is 12.5. The first-order valence-corrected chi connectivity index (χ1v) is 5.71. The smallest absolute Gasteiger partial charge is 0.316 e. The highest BCUT2D eigenvalue weighted by atomic mass is 19.4. The molecule has 1 unspecified atom stereocenters. The molecule has 6 heteroatoms. The number of hydrogen-bond donors (Lipinski definition) is 1. The average Bonchev–Trinajstić information content (AvgIpc) is 2.23. The molecular weight excluding hydrogens is 243 g/mol. The van der Waals surface area contributed by atoms with Gasteiger partial charge in [0.15, 0.2) is 0 Å². The van der Waals surface area contributed by atoms with Crippen LogP contribution in [0.3, 0.4) is 0 Å². The number of hydrogen-bond acceptors (Lipinski definition) is 3. The van der Waals surface area contributed by atoms with Crippen molar-refractivity contribution in [3.63, 3.8) is 0 Å². The molecule has 1 aromatic heterocycles. The largest absolute Gasteiger partial charge is 0.433 e. The van der Waals surface area contributed by atoms with Crippen LogP contribution in [0.15, 0.2) is 12.3 Å². The van der Waals surface area contributed by atoms with E-state index in [4.69, 9.17) is 0 Å². The lowest BCUT2D eigenvalue weighted by atomic mass is 9.85. The SMILES string of the molecule is CNC(Cc1nccc(C(F)(F)F)n1)C(C)(C)C. The number of likely N-dealkylation sites (N-methyl/N-ethyl adjacent to an activating group) is 1. The summed E-state index contributed by atoms with van der Waals surface area (Å²) in [6, 6.07) is 0.899. The van der Waals surface area contributed by atoms with Crippen molar-refractivity contribution in [2.24, 2.45) is 5.41 Å². The quantitative estimate of drug-likeness (QED) is 0.909. The third kappa shape index (κ3) is 3.94. The normalized spacial score (nSPS) is 14.6. The van der Waals surface area contributed by atoms with Crippen LogP contribution in [-0.4, -0.2) is 23.1 Å². The zero-order chi connectivity index (χ0) is 14.0. The first-order chi connectivity index (χ1) is 8.14. The molecule has 102 valence electrons. The lowest BCUT2D eigenvalue weighted by Crippen LogP contribution is -2.40. The predicted octanol–water partition coefficient (Wildman–Crippen LogP) is 2.67. The van der Waals surface area contributed by atoms with Gasteiger partial charge in [0.1, 0.15) is 11.5 Å². The Morgan fingerprint density at radius 1 is 1.28 bits per heavy atom. The van der Waals surface area contributed by atoms with Crippen LogP contribution in [0.4, 0.5) is 13.2 Å². The van der Waals surface area contributed by atoms with Crippen LogP contribution < -0.4 is 5.32 Å². The molecule has 1 heterocycles. The van der Waals surface area contributed by atoms with Gasteiger partial charge in [0, 0.05) is 18.7 Å². The number of alkyl halides is 3. The summed E-state index contributed by atoms with van der Waals surface area (Å²) in [6.07, 6.45) is -2.90. The minimum absolute atomic E-state index is 0.0148. The molecule has 1 N–H and O–H groups in total. The Bertz CT molecular complexity index is 396. The Labute approximate surface area is 105 Å². The maximum absolute atomic E-state index is 12.5. The van der Waals surface area contributed by atoms with E-state index in [0.29, 0.717) is 6.42 Å². The molecule has 3 nitrogen and oxygen atoms in total. The van der Waals surface area contributed by atoms with Crippen molar-refractivity contribution in [3.05, 3.63) is 23.8 Å². The van der Waals surface area contributed by atoms with E-state index in [0.717, 1.165) is 12.3 Å². The molecule has 0 spiro atoms. The van der Waals surface area contributed by atoms with E-state index < -0.39 is 11.9 Å². The summed E-state index contributed by atoms with van der Waals surface area (Å²) in [5, 5.41) is 3.09. The molecular formula is C12H18F3N3. The molecule has 0 fully saturated rings. The van der Waals surface area contributed by atoms with Gasteiger partial charge in [0.05, 0.1) is 0 Å². The van der Waals surface area contributed by atoms with Gasteiger partial charge in [-0.25, -0.2) is 9.97 Å². The number of rotatable bonds is 3. The zero-order valence-corrected chi connectivity index (χ0v) is 11.0. The van der Waals surface area contributed by atoms with E-state index in [1.165, 1.54) is 0 Å². The lowest BCUT2D eigenvalue weighted by Gasteiger charge is -2.29. The Morgan fingerprint density at radius 2 is 1.89 bits per heavy atom. The predicted molar refractivity (Wildman–Crippen MR) is 63.0 cm³/mol. The molecule has 0 aliphatic rings. The highest BCUT2D eigenvalue weighted by molar-refractivity contribution is 5.07. The van der Waals surface area contributed by atoms with Gasteiger partial charge in [-0.3, -0.25) is 0 Å². The van der Waals surface area contributed by atoms with E-state index in [1.54, 1.807) is 7.05 Å². The fourth-order valence-corrected chi connectivity index (χ4v) is 1.68. The molecule has 0 saturated heterocycles. The van der Waals surface area contributed by atoms with Crippen LogP contribution in [-0.2, 0) is 12.6 Å². The molecule has 0 saturated carbocycles. The molecule has 1 aromatic rings. The number of nitrogens with zero attached hydrogens (tertiary/aromatic N) is 2. The monoisotopic (exact) mass is 261 g/mol. The van der Waals surface area contributed by atoms with Crippen molar-refractivity contribution in [3.8, 4) is 0 Å². The summed E-state index contributed by atoms with van der Waals surface area (Å²) in [5.41, 5.74) is -0.969. The second-order valence-corrected chi connectivity index (χ2v) is 5.27. The number of aromatic nitrogens is 2. The van der Waals surface area contributed by atoms with Crippen molar-refractivity contribution in [2.75, 3.05) is 7.05 Å². The first kappa shape index (κ1) is 14.9. The summed E-state index contributed by atoms with van der Waals surface area (Å²) in [6.45, 7) is 6.05. The van der Waals surface area contributed by atoms with Crippen LogP contribution in [0.1, 0.15) is 32.3 Å². The van der Waals surface area contributed by atoms with Crippen LogP contribution >= 0.6 is 0 Å². The summed E-state index contributed by atoms with van der Waals surface area (Å²) in [4.78, 5) is 7.47. The second-order valence-electron chi connectivity index (χ2n) is 5.27. The topological polar surface area (TPSA) is 37.8 Å². The molecule has 1 atom stereocenters. The van der Waals surface area contributed by atoms with Gasteiger partial charge in [-0.05, 0) is 18.5 Å². The fraction of sp³-hybridized carbons (Fsp3) is 0.667. The van der Waals surface area contributed by atoms with Crippen molar-refractivity contribution < 1.29 is 13.2 Å². The minimum Gasteiger partial charge on any atom is -0.316 e. The van der Waals surface area contributed by atoms with Crippen LogP contribution in [0.2, 0.25) is 0 Å². The van der Waals surface area contributed by atoms with Crippen molar-refractivity contribution >= 4 is 0 Å². The highest BCUT2D eigenvalue weighted by Crippen LogP contribution is 2.27. The van der Waals surface area contributed by atoms with Gasteiger partial charge >= 0.3 is 6.18 Å². The fourth-order valence-electron chi connectivity index (χ4n) is 1.68. The average molecular weight is 261 g/mol. The van der Waals surface area contributed by atoms with Crippen LogP contribution in [0.5, 0.6) is 0 Å². The van der Waals surface area contributed by atoms with Gasteiger partial charge in [0.25, 0.3) is 0 Å².